The summed E-state index contributed by atoms with van der Waals surface area (Å²) in [7, 11) is 0. The highest BCUT2D eigenvalue weighted by molar-refractivity contribution is 7.98. The van der Waals surface area contributed by atoms with Crippen molar-refractivity contribution in [3.05, 3.63) is 29.8 Å². The molecule has 0 spiro atoms. The molecule has 0 unspecified atom stereocenters. The molecule has 0 radical (unpaired) electrons. The lowest BCUT2D eigenvalue weighted by Crippen LogP contribution is -2.16. The molecular weight excluding hydrogens is 234 g/mol. The predicted molar refractivity (Wildman–Crippen MR) is 72.5 cm³/mol. The van der Waals surface area contributed by atoms with Crippen LogP contribution >= 0.6 is 11.8 Å². The number of aliphatic hydroxyl groups excluding tert-OH is 1. The van der Waals surface area contributed by atoms with Gasteiger partial charge < -0.3 is 15.2 Å². The van der Waals surface area contributed by atoms with E-state index in [1.54, 1.807) is 11.8 Å². The topological polar surface area (TPSA) is 41.5 Å². The maximum absolute atomic E-state index is 8.52. The zero-order valence-electron chi connectivity index (χ0n) is 10.3. The van der Waals surface area contributed by atoms with Crippen molar-refractivity contribution in [1.82, 2.24) is 5.32 Å². The monoisotopic (exact) mass is 255 g/mol. The molecule has 0 bridgehead atoms. The van der Waals surface area contributed by atoms with Crippen molar-refractivity contribution >= 4 is 11.8 Å². The van der Waals surface area contributed by atoms with Crippen LogP contribution in [0.15, 0.2) is 29.2 Å². The molecule has 96 valence electrons. The average Bonchev–Trinajstić information content (AvgIpc) is 2.38. The molecule has 0 amide bonds. The van der Waals surface area contributed by atoms with Gasteiger partial charge in [0.05, 0.1) is 13.2 Å². The van der Waals surface area contributed by atoms with Crippen LogP contribution in [0.1, 0.15) is 12.0 Å². The standard InChI is InChI=1S/C13H21NO2S/c1-17-13-5-3-12(4-6-13)11-14-7-2-9-16-10-8-15/h3-6,14-15H,2,7-11H2,1H3. The van der Waals surface area contributed by atoms with E-state index in [0.29, 0.717) is 13.2 Å². The Hall–Kier alpha value is -0.550. The molecule has 4 heteroatoms. The second kappa shape index (κ2) is 9.48. The number of aliphatic hydroxyl groups is 1. The molecule has 0 aliphatic heterocycles. The van der Waals surface area contributed by atoms with Gasteiger partial charge in [0.15, 0.2) is 0 Å². The predicted octanol–water partition coefficient (Wildman–Crippen LogP) is 1.90. The van der Waals surface area contributed by atoms with Crippen LogP contribution in [0.3, 0.4) is 0 Å². The molecule has 0 atom stereocenters. The Kier molecular flexibility index (Phi) is 8.09. The van der Waals surface area contributed by atoms with E-state index in [9.17, 15) is 0 Å². The molecule has 0 fully saturated rings. The molecule has 0 aliphatic rings. The Morgan fingerprint density at radius 2 is 2.00 bits per heavy atom. The first-order valence-electron chi connectivity index (χ1n) is 5.89. The highest BCUT2D eigenvalue weighted by Crippen LogP contribution is 2.14. The Bertz CT molecular complexity index is 290. The minimum atomic E-state index is 0.106. The van der Waals surface area contributed by atoms with Gasteiger partial charge in [-0.1, -0.05) is 12.1 Å². The molecule has 0 aliphatic carbocycles. The van der Waals surface area contributed by atoms with Gasteiger partial charge in [0.2, 0.25) is 0 Å². The lowest BCUT2D eigenvalue weighted by molar-refractivity contribution is 0.0907. The van der Waals surface area contributed by atoms with Gasteiger partial charge in [-0.3, -0.25) is 0 Å². The zero-order valence-corrected chi connectivity index (χ0v) is 11.1. The van der Waals surface area contributed by atoms with Crippen molar-refractivity contribution in [2.75, 3.05) is 32.6 Å². The number of rotatable bonds is 9. The molecule has 1 aromatic carbocycles. The Morgan fingerprint density at radius 1 is 1.24 bits per heavy atom. The minimum absolute atomic E-state index is 0.106. The first kappa shape index (κ1) is 14.5. The highest BCUT2D eigenvalue weighted by Gasteiger charge is 1.94. The van der Waals surface area contributed by atoms with E-state index in [2.05, 4.69) is 35.8 Å². The lowest BCUT2D eigenvalue weighted by atomic mass is 10.2. The lowest BCUT2D eigenvalue weighted by Gasteiger charge is -2.06. The molecule has 0 aromatic heterocycles. The molecule has 3 nitrogen and oxygen atoms in total. The van der Waals surface area contributed by atoms with E-state index in [0.717, 1.165) is 19.5 Å². The Morgan fingerprint density at radius 3 is 2.65 bits per heavy atom. The largest absolute Gasteiger partial charge is 0.394 e. The van der Waals surface area contributed by atoms with Crippen LogP contribution in [0.2, 0.25) is 0 Å². The average molecular weight is 255 g/mol. The maximum atomic E-state index is 8.52. The summed E-state index contributed by atoms with van der Waals surface area (Å²) in [6.07, 6.45) is 3.06. The first-order chi connectivity index (χ1) is 8.36. The normalized spacial score (nSPS) is 10.7. The van der Waals surface area contributed by atoms with Crippen molar-refractivity contribution in [2.24, 2.45) is 0 Å². The highest BCUT2D eigenvalue weighted by atomic mass is 32.2. The summed E-state index contributed by atoms with van der Waals surface area (Å²) >= 11 is 1.76. The number of benzene rings is 1. The zero-order chi connectivity index (χ0) is 12.3. The second-order valence-electron chi connectivity index (χ2n) is 3.71. The second-order valence-corrected chi connectivity index (χ2v) is 4.59. The van der Waals surface area contributed by atoms with E-state index in [1.165, 1.54) is 10.5 Å². The van der Waals surface area contributed by atoms with Gasteiger partial charge in [0, 0.05) is 18.0 Å². The molecule has 0 saturated carbocycles. The van der Waals surface area contributed by atoms with Gasteiger partial charge in [0.1, 0.15) is 0 Å². The summed E-state index contributed by atoms with van der Waals surface area (Å²) in [6.45, 7) is 3.09. The summed E-state index contributed by atoms with van der Waals surface area (Å²) in [5.74, 6) is 0. The molecule has 17 heavy (non-hydrogen) atoms. The third kappa shape index (κ3) is 6.68. The van der Waals surface area contributed by atoms with Crippen molar-refractivity contribution < 1.29 is 9.84 Å². The first-order valence-corrected chi connectivity index (χ1v) is 7.11. The van der Waals surface area contributed by atoms with Gasteiger partial charge in [-0.2, -0.15) is 0 Å². The third-order valence-electron chi connectivity index (χ3n) is 2.37. The SMILES string of the molecule is CSc1ccc(CNCCCOCCO)cc1. The number of thioether (sulfide) groups is 1. The third-order valence-corrected chi connectivity index (χ3v) is 3.11. The van der Waals surface area contributed by atoms with Gasteiger partial charge in [-0.15, -0.1) is 11.8 Å². The van der Waals surface area contributed by atoms with Crippen LogP contribution in [-0.4, -0.2) is 37.7 Å². The van der Waals surface area contributed by atoms with E-state index in [-0.39, 0.29) is 6.61 Å². The Labute approximate surface area is 108 Å². The fourth-order valence-electron chi connectivity index (χ4n) is 1.44. The smallest absolute Gasteiger partial charge is 0.0697 e. The van der Waals surface area contributed by atoms with Gasteiger partial charge in [-0.05, 0) is 36.9 Å². The van der Waals surface area contributed by atoms with E-state index in [4.69, 9.17) is 9.84 Å². The summed E-state index contributed by atoms with van der Waals surface area (Å²) in [5.41, 5.74) is 1.30. The molecular formula is C13H21NO2S. The molecule has 1 aromatic rings. The maximum Gasteiger partial charge on any atom is 0.0697 e. The number of nitrogens with one attached hydrogen (secondary N) is 1. The summed E-state index contributed by atoms with van der Waals surface area (Å²) in [6, 6.07) is 8.60. The summed E-state index contributed by atoms with van der Waals surface area (Å²) in [5, 5.41) is 11.9. The van der Waals surface area contributed by atoms with Crippen molar-refractivity contribution in [3.8, 4) is 0 Å². The summed E-state index contributed by atoms with van der Waals surface area (Å²) in [4.78, 5) is 1.30. The Balaban J connectivity index is 2.05. The van der Waals surface area contributed by atoms with Crippen LogP contribution in [-0.2, 0) is 11.3 Å². The molecule has 1 rings (SSSR count). The number of hydrogen-bond acceptors (Lipinski definition) is 4. The van der Waals surface area contributed by atoms with E-state index < -0.39 is 0 Å². The van der Waals surface area contributed by atoms with Crippen LogP contribution in [0.5, 0.6) is 0 Å². The van der Waals surface area contributed by atoms with E-state index in [1.807, 2.05) is 0 Å². The van der Waals surface area contributed by atoms with Crippen LogP contribution in [0, 0.1) is 0 Å². The fourth-order valence-corrected chi connectivity index (χ4v) is 1.85. The van der Waals surface area contributed by atoms with Gasteiger partial charge >= 0.3 is 0 Å². The van der Waals surface area contributed by atoms with Crippen molar-refractivity contribution in [3.63, 3.8) is 0 Å². The van der Waals surface area contributed by atoms with Crippen molar-refractivity contribution in [1.29, 1.82) is 0 Å². The van der Waals surface area contributed by atoms with Crippen LogP contribution in [0.25, 0.3) is 0 Å². The molecule has 2 N–H and O–H groups in total. The van der Waals surface area contributed by atoms with Gasteiger partial charge in [0.25, 0.3) is 0 Å². The van der Waals surface area contributed by atoms with Gasteiger partial charge in [-0.25, -0.2) is 0 Å². The van der Waals surface area contributed by atoms with Crippen LogP contribution in [0.4, 0.5) is 0 Å². The summed E-state index contributed by atoms with van der Waals surface area (Å²) < 4.78 is 5.17. The molecule has 0 saturated heterocycles. The van der Waals surface area contributed by atoms with Crippen LogP contribution < -0.4 is 5.32 Å². The minimum Gasteiger partial charge on any atom is -0.394 e. The molecule has 0 heterocycles. The van der Waals surface area contributed by atoms with E-state index >= 15 is 0 Å². The number of ether oxygens (including phenoxy) is 1. The van der Waals surface area contributed by atoms with Crippen molar-refractivity contribution in [2.45, 2.75) is 17.9 Å². The fraction of sp³-hybridized carbons (Fsp3) is 0.538. The number of hydrogen-bond donors (Lipinski definition) is 2. The quantitative estimate of drug-likeness (QED) is 0.522.